The molecule has 4 saturated carbocycles. The van der Waals surface area contributed by atoms with Crippen LogP contribution in [-0.4, -0.2) is 41.8 Å². The van der Waals surface area contributed by atoms with Crippen LogP contribution in [0.1, 0.15) is 38.8 Å². The predicted octanol–water partition coefficient (Wildman–Crippen LogP) is 4.36. The van der Waals surface area contributed by atoms with Crippen LogP contribution in [0.4, 0.5) is 4.79 Å². The van der Waals surface area contributed by atoms with Crippen LogP contribution in [0.2, 0.25) is 0 Å². The Morgan fingerprint density at radius 2 is 1.55 bits per heavy atom. The molecule has 0 N–H and O–H groups in total. The maximum atomic E-state index is 14.6. The van der Waals surface area contributed by atoms with Gasteiger partial charge in [-0.3, -0.25) is 14.7 Å². The van der Waals surface area contributed by atoms with Gasteiger partial charge in [-0.1, -0.05) is 74.5 Å². The van der Waals surface area contributed by atoms with Crippen molar-refractivity contribution in [3.63, 3.8) is 0 Å². The summed E-state index contributed by atoms with van der Waals surface area (Å²) in [5, 5.41) is 0. The summed E-state index contributed by atoms with van der Waals surface area (Å²) in [5.74, 6) is 0.422. The third kappa shape index (κ3) is 1.40. The molecular formula is C28H28N2O3. The third-order valence-corrected chi connectivity index (χ3v) is 10.8. The van der Waals surface area contributed by atoms with Gasteiger partial charge in [-0.15, -0.1) is 0 Å². The van der Waals surface area contributed by atoms with Gasteiger partial charge in [0.2, 0.25) is 0 Å². The van der Waals surface area contributed by atoms with Crippen LogP contribution in [0.3, 0.4) is 0 Å². The summed E-state index contributed by atoms with van der Waals surface area (Å²) in [6, 6.07) is 20.6. The summed E-state index contributed by atoms with van der Waals surface area (Å²) in [7, 11) is 0. The maximum Gasteiger partial charge on any atom is 0.415 e. The molecule has 168 valence electrons. The second kappa shape index (κ2) is 5.40. The lowest BCUT2D eigenvalue weighted by Crippen LogP contribution is -2.97. The first-order valence-corrected chi connectivity index (χ1v) is 12.0. The van der Waals surface area contributed by atoms with Crippen molar-refractivity contribution in [3.8, 4) is 0 Å². The van der Waals surface area contributed by atoms with E-state index in [4.69, 9.17) is 9.73 Å². The molecular weight excluding hydrogens is 412 g/mol. The Balaban J connectivity index is 1.62. The molecule has 1 amide bonds. The number of benzene rings is 2. The van der Waals surface area contributed by atoms with Gasteiger partial charge in [0, 0.05) is 27.6 Å². The van der Waals surface area contributed by atoms with Gasteiger partial charge >= 0.3 is 6.09 Å². The Kier molecular flexibility index (Phi) is 3.19. The van der Waals surface area contributed by atoms with E-state index >= 15 is 0 Å². The van der Waals surface area contributed by atoms with Crippen LogP contribution < -0.4 is 0 Å². The summed E-state index contributed by atoms with van der Waals surface area (Å²) in [6.45, 7) is 8.70. The van der Waals surface area contributed by atoms with E-state index in [0.29, 0.717) is 12.4 Å². The number of nitrogens with zero attached hydrogens (tertiary/aromatic N) is 2. The number of ether oxygens (including phenoxy) is 1. The molecule has 2 aromatic carbocycles. The van der Waals surface area contributed by atoms with Crippen LogP contribution in [0, 0.1) is 22.2 Å². The molecule has 5 nitrogen and oxygen atoms in total. The van der Waals surface area contributed by atoms with Crippen LogP contribution in [0.15, 0.2) is 65.7 Å². The van der Waals surface area contributed by atoms with Gasteiger partial charge in [0.15, 0.2) is 0 Å². The first-order valence-electron chi connectivity index (χ1n) is 12.0. The van der Waals surface area contributed by atoms with Gasteiger partial charge in [-0.2, -0.15) is 0 Å². The van der Waals surface area contributed by atoms with E-state index in [9.17, 15) is 9.59 Å². The first-order chi connectivity index (χ1) is 15.8. The topological polar surface area (TPSA) is 59.0 Å². The number of hydrogen-bond acceptors (Lipinski definition) is 4. The molecule has 8 unspecified atom stereocenters. The van der Waals surface area contributed by atoms with E-state index in [1.54, 1.807) is 11.2 Å². The van der Waals surface area contributed by atoms with E-state index in [0.717, 1.165) is 5.56 Å². The van der Waals surface area contributed by atoms with E-state index in [1.807, 2.05) is 19.1 Å². The van der Waals surface area contributed by atoms with Gasteiger partial charge < -0.3 is 4.74 Å². The van der Waals surface area contributed by atoms with E-state index < -0.39 is 16.2 Å². The van der Waals surface area contributed by atoms with Crippen LogP contribution in [-0.2, 0) is 20.4 Å². The average molecular weight is 441 g/mol. The van der Waals surface area contributed by atoms with E-state index in [2.05, 4.69) is 69.3 Å². The molecule has 8 rings (SSSR count). The molecule has 8 atom stereocenters. The standard InChI is InChI=1S/C28H28N2O3/c1-5-33-23(32)30-16-29-21-24(2)19-20(30)28(18-14-10-7-11-15-18)25(21,3)22(31)26(24,4)27(19,28)17-12-8-6-9-13-17/h6-16,19-21H,5H2,1-4H3. The van der Waals surface area contributed by atoms with E-state index in [-0.39, 0.29) is 34.9 Å². The number of fused-ring (bicyclic) bond motifs is 1. The molecule has 2 heterocycles. The first kappa shape index (κ1) is 19.5. The zero-order chi connectivity index (χ0) is 23.0. The molecule has 33 heavy (non-hydrogen) atoms. The summed E-state index contributed by atoms with van der Waals surface area (Å²) < 4.78 is 5.50. The Labute approximate surface area is 193 Å². The molecule has 2 aromatic rings. The molecule has 0 aromatic heterocycles. The molecule has 4 aliphatic carbocycles. The lowest BCUT2D eigenvalue weighted by molar-refractivity contribution is -0.354. The Morgan fingerprint density at radius 1 is 0.970 bits per heavy atom. The fraction of sp³-hybridized carbons (Fsp3) is 0.464. The van der Waals surface area contributed by atoms with Gasteiger partial charge in [0.05, 0.1) is 30.4 Å². The quantitative estimate of drug-likeness (QED) is 0.713. The van der Waals surface area contributed by atoms with Crippen molar-refractivity contribution in [3.05, 3.63) is 71.8 Å². The number of hydrogen-bond donors (Lipinski definition) is 0. The summed E-state index contributed by atoms with van der Waals surface area (Å²) >= 11 is 0. The molecule has 0 saturated heterocycles. The SMILES string of the molecule is CCOC(=O)N1C=NC2C3(C)C(=O)C4(C)C2(C)C2C1C3(c1ccccc1)C24c1ccccc1. The second-order valence-electron chi connectivity index (χ2n) is 11.0. The van der Waals surface area contributed by atoms with Gasteiger partial charge in [0.25, 0.3) is 0 Å². The van der Waals surface area contributed by atoms with E-state index in [1.165, 1.54) is 5.56 Å². The highest BCUT2D eigenvalue weighted by Gasteiger charge is 3.09. The molecule has 0 spiro atoms. The van der Waals surface area contributed by atoms with Gasteiger partial charge in [-0.05, 0) is 25.0 Å². The average Bonchev–Trinajstić information content (AvgIpc) is 2.91. The summed E-state index contributed by atoms with van der Waals surface area (Å²) in [6.07, 6.45) is 1.32. The summed E-state index contributed by atoms with van der Waals surface area (Å²) in [4.78, 5) is 34.6. The fourth-order valence-electron chi connectivity index (χ4n) is 10.3. The van der Waals surface area contributed by atoms with Gasteiger partial charge in [0.1, 0.15) is 5.78 Å². The summed E-state index contributed by atoms with van der Waals surface area (Å²) in [5.41, 5.74) is -0.219. The van der Waals surface area contributed by atoms with Crippen molar-refractivity contribution >= 4 is 18.2 Å². The van der Waals surface area contributed by atoms with Crippen LogP contribution in [0.25, 0.3) is 0 Å². The number of carbonyl (C=O) groups is 2. The highest BCUT2D eigenvalue weighted by molar-refractivity contribution is 6.08. The molecule has 4 bridgehead atoms. The van der Waals surface area contributed by atoms with Crippen molar-refractivity contribution < 1.29 is 14.3 Å². The lowest BCUT2D eigenvalue weighted by atomic mass is 9.12. The molecule has 6 aliphatic rings. The van der Waals surface area contributed by atoms with Crippen molar-refractivity contribution in [2.45, 2.75) is 50.6 Å². The molecule has 4 fully saturated rings. The monoisotopic (exact) mass is 440 g/mol. The Hall–Kier alpha value is -2.95. The second-order valence-corrected chi connectivity index (χ2v) is 11.0. The van der Waals surface area contributed by atoms with Crippen molar-refractivity contribution in [2.24, 2.45) is 27.2 Å². The number of carbonyl (C=O) groups excluding carboxylic acids is 2. The third-order valence-electron chi connectivity index (χ3n) is 10.8. The minimum Gasteiger partial charge on any atom is -0.449 e. The Bertz CT molecular complexity index is 1260. The predicted molar refractivity (Wildman–Crippen MR) is 124 cm³/mol. The van der Waals surface area contributed by atoms with Crippen LogP contribution in [0.5, 0.6) is 0 Å². The molecule has 0 radical (unpaired) electrons. The zero-order valence-electron chi connectivity index (χ0n) is 19.4. The lowest BCUT2D eigenvalue weighted by Gasteiger charge is -2.90. The smallest absolute Gasteiger partial charge is 0.415 e. The number of Topliss-reactive ketones (excluding diaryl/α,β-unsaturated/α-hetero) is 1. The normalized spacial score (nSPS) is 47.2. The number of aliphatic imine (C=N–C) groups is 1. The molecule has 2 aliphatic heterocycles. The van der Waals surface area contributed by atoms with Gasteiger partial charge in [-0.25, -0.2) is 4.79 Å². The minimum absolute atomic E-state index is 0.119. The zero-order valence-corrected chi connectivity index (χ0v) is 19.4. The highest BCUT2D eigenvalue weighted by atomic mass is 16.6. The maximum absolute atomic E-state index is 14.6. The molecule has 5 heteroatoms. The van der Waals surface area contributed by atoms with Crippen LogP contribution >= 0.6 is 0 Å². The number of rotatable bonds is 3. The number of amides is 1. The Morgan fingerprint density at radius 3 is 2.12 bits per heavy atom. The van der Waals surface area contributed by atoms with Crippen molar-refractivity contribution in [1.29, 1.82) is 0 Å². The van der Waals surface area contributed by atoms with Crippen molar-refractivity contribution in [1.82, 2.24) is 4.90 Å². The highest BCUT2D eigenvalue weighted by Crippen LogP contribution is 3.01. The minimum atomic E-state index is -0.717. The van der Waals surface area contributed by atoms with Crippen molar-refractivity contribution in [2.75, 3.05) is 6.61 Å². The largest absolute Gasteiger partial charge is 0.449 e. The fourth-order valence-corrected chi connectivity index (χ4v) is 10.3. The number of ketones is 1.